The number of hydrogen-bond acceptors (Lipinski definition) is 5. The Morgan fingerprint density at radius 1 is 1.42 bits per heavy atom. The molecule has 2 heterocycles. The Morgan fingerprint density at radius 2 is 2.19 bits per heavy atom. The average molecular weight is 565 g/mol. The summed E-state index contributed by atoms with van der Waals surface area (Å²) in [6, 6.07) is 4.09. The topological polar surface area (TPSA) is 53.0 Å². The maximum absolute atomic E-state index is 13.5. The lowest BCUT2D eigenvalue weighted by atomic mass is 10.1. The van der Waals surface area contributed by atoms with E-state index in [1.807, 2.05) is 24.3 Å². The molecule has 172 valence electrons. The van der Waals surface area contributed by atoms with Crippen LogP contribution >= 0.6 is 35.3 Å². The standard InChI is InChI=1S/C21H29F2N5OS.HI/c1-14(29-4)20-26-16(13-30-20)12-27(3)21(24-2)25-10-15-7-8-28(11-15)17-5-6-18(22)19(23)9-17;/h5-6,9,13-15H,7-8,10-12H2,1-4H3,(H,24,25);1H. The second-order valence-electron chi connectivity index (χ2n) is 7.54. The molecule has 6 nitrogen and oxygen atoms in total. The fourth-order valence-electron chi connectivity index (χ4n) is 3.54. The second kappa shape index (κ2) is 11.9. The van der Waals surface area contributed by atoms with Crippen molar-refractivity contribution in [1.82, 2.24) is 15.2 Å². The maximum atomic E-state index is 13.5. The van der Waals surface area contributed by atoms with E-state index >= 15 is 0 Å². The number of anilines is 1. The summed E-state index contributed by atoms with van der Waals surface area (Å²) in [6.07, 6.45) is 0.975. The molecule has 1 aromatic heterocycles. The van der Waals surface area contributed by atoms with Gasteiger partial charge in [-0.1, -0.05) is 0 Å². The van der Waals surface area contributed by atoms with E-state index in [0.29, 0.717) is 12.5 Å². The molecule has 1 saturated heterocycles. The first kappa shape index (κ1) is 25.7. The summed E-state index contributed by atoms with van der Waals surface area (Å²) in [5.74, 6) is -0.416. The van der Waals surface area contributed by atoms with Crippen molar-refractivity contribution in [3.05, 3.63) is 45.9 Å². The molecule has 3 rings (SSSR count). The van der Waals surface area contributed by atoms with Gasteiger partial charge in [0.15, 0.2) is 17.6 Å². The molecule has 1 N–H and O–H groups in total. The Bertz CT molecular complexity index is 881. The zero-order chi connectivity index (χ0) is 21.7. The number of benzene rings is 1. The molecule has 0 spiro atoms. The van der Waals surface area contributed by atoms with Gasteiger partial charge in [-0.3, -0.25) is 4.99 Å². The van der Waals surface area contributed by atoms with Crippen LogP contribution in [0, 0.1) is 17.6 Å². The van der Waals surface area contributed by atoms with Crippen LogP contribution in [0.1, 0.15) is 30.2 Å². The van der Waals surface area contributed by atoms with Crippen LogP contribution in [0.4, 0.5) is 14.5 Å². The third kappa shape index (κ3) is 6.72. The number of hydrogen-bond donors (Lipinski definition) is 1. The minimum Gasteiger partial charge on any atom is -0.375 e. The number of thiazole rings is 1. The molecular weight excluding hydrogens is 535 g/mol. The Balaban J connectivity index is 0.00000341. The van der Waals surface area contributed by atoms with Gasteiger partial charge in [0.2, 0.25) is 0 Å². The van der Waals surface area contributed by atoms with Gasteiger partial charge >= 0.3 is 0 Å². The number of guanidine groups is 1. The van der Waals surface area contributed by atoms with E-state index in [0.717, 1.165) is 48.4 Å². The summed E-state index contributed by atoms with van der Waals surface area (Å²) in [4.78, 5) is 13.1. The summed E-state index contributed by atoms with van der Waals surface area (Å²) >= 11 is 1.60. The van der Waals surface area contributed by atoms with E-state index in [2.05, 4.69) is 20.2 Å². The lowest BCUT2D eigenvalue weighted by Crippen LogP contribution is -2.41. The van der Waals surface area contributed by atoms with Crippen LogP contribution in [0.15, 0.2) is 28.6 Å². The average Bonchev–Trinajstić information content (AvgIpc) is 3.40. The number of aromatic nitrogens is 1. The smallest absolute Gasteiger partial charge is 0.193 e. The van der Waals surface area contributed by atoms with E-state index in [9.17, 15) is 8.78 Å². The SMILES string of the molecule is CN=C(NCC1CCN(c2ccc(F)c(F)c2)C1)N(C)Cc1csc(C(C)OC)n1.I. The molecule has 1 aliphatic rings. The molecule has 31 heavy (non-hydrogen) atoms. The van der Waals surface area contributed by atoms with Crippen LogP contribution < -0.4 is 10.2 Å². The zero-order valence-corrected chi connectivity index (χ0v) is 21.4. The highest BCUT2D eigenvalue weighted by atomic mass is 127. The highest BCUT2D eigenvalue weighted by molar-refractivity contribution is 14.0. The summed E-state index contributed by atoms with van der Waals surface area (Å²) in [7, 11) is 5.43. The summed E-state index contributed by atoms with van der Waals surface area (Å²) in [5.41, 5.74) is 1.71. The molecule has 2 atom stereocenters. The number of methoxy groups -OCH3 is 1. The van der Waals surface area contributed by atoms with Gasteiger partial charge in [0.25, 0.3) is 0 Å². The van der Waals surface area contributed by atoms with Crippen LogP contribution in [-0.2, 0) is 11.3 Å². The second-order valence-corrected chi connectivity index (χ2v) is 8.43. The lowest BCUT2D eigenvalue weighted by molar-refractivity contribution is 0.119. The molecule has 2 unspecified atom stereocenters. The molecule has 0 bridgehead atoms. The minimum atomic E-state index is -0.813. The Hall–Kier alpha value is -1.53. The maximum Gasteiger partial charge on any atom is 0.193 e. The van der Waals surface area contributed by atoms with Crippen molar-refractivity contribution in [1.29, 1.82) is 0 Å². The predicted octanol–water partition coefficient (Wildman–Crippen LogP) is 4.28. The molecular formula is C21H30F2IN5OS. The van der Waals surface area contributed by atoms with Crippen LogP contribution in [0.5, 0.6) is 0 Å². The van der Waals surface area contributed by atoms with Gasteiger partial charge < -0.3 is 19.9 Å². The Kier molecular flexibility index (Phi) is 9.89. The van der Waals surface area contributed by atoms with Crippen molar-refractivity contribution in [2.24, 2.45) is 10.9 Å². The largest absolute Gasteiger partial charge is 0.375 e. The van der Waals surface area contributed by atoms with E-state index < -0.39 is 11.6 Å². The number of aliphatic imine (C=N–C) groups is 1. The molecule has 0 amide bonds. The fourth-order valence-corrected chi connectivity index (χ4v) is 4.38. The monoisotopic (exact) mass is 565 g/mol. The summed E-state index contributed by atoms with van der Waals surface area (Å²) in [6.45, 7) is 5.02. The van der Waals surface area contributed by atoms with Crippen molar-refractivity contribution in [3.63, 3.8) is 0 Å². The summed E-state index contributed by atoms with van der Waals surface area (Å²) in [5, 5.41) is 6.44. The minimum absolute atomic E-state index is 0. The molecule has 0 radical (unpaired) electrons. The van der Waals surface area contributed by atoms with Crippen molar-refractivity contribution >= 4 is 47.0 Å². The highest BCUT2D eigenvalue weighted by Crippen LogP contribution is 2.25. The number of nitrogens with zero attached hydrogens (tertiary/aromatic N) is 4. The van der Waals surface area contributed by atoms with Gasteiger partial charge in [-0.15, -0.1) is 35.3 Å². The number of ether oxygens (including phenoxy) is 1. The summed E-state index contributed by atoms with van der Waals surface area (Å²) < 4.78 is 32.0. The van der Waals surface area contributed by atoms with Gasteiger partial charge in [-0.25, -0.2) is 13.8 Å². The van der Waals surface area contributed by atoms with Gasteiger partial charge in [-0.05, 0) is 31.4 Å². The highest BCUT2D eigenvalue weighted by Gasteiger charge is 2.24. The molecule has 1 fully saturated rings. The van der Waals surface area contributed by atoms with Crippen LogP contribution in [0.25, 0.3) is 0 Å². The van der Waals surface area contributed by atoms with Crippen molar-refractivity contribution in [2.45, 2.75) is 26.0 Å². The molecule has 0 aliphatic carbocycles. The third-order valence-electron chi connectivity index (χ3n) is 5.35. The molecule has 1 aromatic carbocycles. The zero-order valence-electron chi connectivity index (χ0n) is 18.3. The van der Waals surface area contributed by atoms with E-state index in [-0.39, 0.29) is 30.1 Å². The van der Waals surface area contributed by atoms with Gasteiger partial charge in [0, 0.05) is 58.0 Å². The van der Waals surface area contributed by atoms with Gasteiger partial charge in [-0.2, -0.15) is 0 Å². The first-order valence-corrected chi connectivity index (χ1v) is 10.9. The normalized spacial score (nSPS) is 17.4. The Morgan fingerprint density at radius 3 is 2.87 bits per heavy atom. The number of nitrogens with one attached hydrogen (secondary N) is 1. The quantitative estimate of drug-likeness (QED) is 0.309. The van der Waals surface area contributed by atoms with Crippen LogP contribution in [-0.4, -0.2) is 56.7 Å². The first-order chi connectivity index (χ1) is 14.4. The molecule has 0 saturated carbocycles. The molecule has 1 aliphatic heterocycles. The first-order valence-electron chi connectivity index (χ1n) is 10.00. The van der Waals surface area contributed by atoms with Crippen LogP contribution in [0.3, 0.4) is 0 Å². The molecule has 10 heteroatoms. The van der Waals surface area contributed by atoms with E-state index in [1.165, 1.54) is 12.1 Å². The third-order valence-corrected chi connectivity index (χ3v) is 6.40. The lowest BCUT2D eigenvalue weighted by Gasteiger charge is -2.23. The van der Waals surface area contributed by atoms with E-state index in [4.69, 9.17) is 4.74 Å². The van der Waals surface area contributed by atoms with Crippen molar-refractivity contribution in [3.8, 4) is 0 Å². The Labute approximate surface area is 203 Å². The van der Waals surface area contributed by atoms with Gasteiger partial charge in [0.05, 0.1) is 12.2 Å². The van der Waals surface area contributed by atoms with Gasteiger partial charge in [0.1, 0.15) is 11.1 Å². The fraction of sp³-hybridized carbons (Fsp3) is 0.524. The van der Waals surface area contributed by atoms with Crippen molar-refractivity contribution < 1.29 is 13.5 Å². The number of rotatable bonds is 7. The van der Waals surface area contributed by atoms with Crippen molar-refractivity contribution in [2.75, 3.05) is 45.7 Å². The van der Waals surface area contributed by atoms with Crippen LogP contribution in [0.2, 0.25) is 0 Å². The predicted molar refractivity (Wildman–Crippen MR) is 132 cm³/mol. The number of halogens is 3. The van der Waals surface area contributed by atoms with E-state index in [1.54, 1.807) is 31.6 Å². The molecule has 2 aromatic rings.